The average molecular weight is 399 g/mol. The van der Waals surface area contributed by atoms with E-state index in [1.165, 1.54) is 12.3 Å². The second-order valence-corrected chi connectivity index (χ2v) is 7.22. The first-order chi connectivity index (χ1) is 12.0. The first-order valence-corrected chi connectivity index (χ1v) is 8.86. The quantitative estimate of drug-likeness (QED) is 0.329. The number of nitrogens with zero attached hydrogens (tertiary/aromatic N) is 2. The van der Waals surface area contributed by atoms with Crippen LogP contribution in [0, 0.1) is 11.8 Å². The zero-order valence-corrected chi connectivity index (χ0v) is 15.2. The van der Waals surface area contributed by atoms with E-state index in [4.69, 9.17) is 35.4 Å². The lowest BCUT2D eigenvalue weighted by Crippen LogP contribution is -2.39. The first-order valence-electron chi connectivity index (χ1n) is 7.70. The van der Waals surface area contributed by atoms with Crippen LogP contribution in [0.2, 0.25) is 10.0 Å². The Balaban J connectivity index is 1.72. The molecule has 4 rings (SSSR count). The number of hydrogen-bond acceptors (Lipinski definition) is 2. The summed E-state index contributed by atoms with van der Waals surface area (Å²) >= 11 is 17.3. The van der Waals surface area contributed by atoms with Crippen LogP contribution in [0.3, 0.4) is 0 Å². The van der Waals surface area contributed by atoms with Crippen molar-refractivity contribution in [3.05, 3.63) is 57.3 Å². The molecular formula is C17H12Cl2F2N3S+. The molecule has 1 atom stereocenters. The largest absolute Gasteiger partial charge is 0.349 e. The van der Waals surface area contributed by atoms with Gasteiger partial charge in [0.2, 0.25) is 5.95 Å². The van der Waals surface area contributed by atoms with E-state index in [0.29, 0.717) is 17.1 Å². The number of halogens is 4. The predicted molar refractivity (Wildman–Crippen MR) is 97.9 cm³/mol. The third kappa shape index (κ3) is 2.82. The van der Waals surface area contributed by atoms with Crippen LogP contribution in [0.5, 0.6) is 0 Å². The van der Waals surface area contributed by atoms with Crippen molar-refractivity contribution in [1.82, 2.24) is 4.98 Å². The van der Waals surface area contributed by atoms with Gasteiger partial charge in [-0.25, -0.2) is 19.3 Å². The molecule has 1 unspecified atom stereocenters. The molecule has 0 fully saturated rings. The van der Waals surface area contributed by atoms with Crippen molar-refractivity contribution in [3.63, 3.8) is 0 Å². The number of rotatable bonds is 1. The Hall–Kier alpha value is -1.63. The molecule has 1 aromatic carbocycles. The Morgan fingerprint density at radius 2 is 2.04 bits per heavy atom. The van der Waals surface area contributed by atoms with Crippen LogP contribution in [0.15, 0.2) is 24.4 Å². The maximum Gasteiger partial charge on any atom is 0.349 e. The first kappa shape index (κ1) is 16.8. The van der Waals surface area contributed by atoms with Crippen molar-refractivity contribution < 1.29 is 13.4 Å². The van der Waals surface area contributed by atoms with Gasteiger partial charge in [-0.15, -0.1) is 0 Å². The van der Waals surface area contributed by atoms with Gasteiger partial charge in [-0.05, 0) is 18.6 Å². The number of hydrogen-bond donors (Lipinski definition) is 1. The fourth-order valence-corrected chi connectivity index (χ4v) is 4.16. The molecule has 0 spiro atoms. The molecule has 0 saturated heterocycles. The van der Waals surface area contributed by atoms with Gasteiger partial charge >= 0.3 is 5.11 Å². The highest BCUT2D eigenvalue weighted by atomic mass is 35.5. The summed E-state index contributed by atoms with van der Waals surface area (Å²) in [5, 5.41) is 3.64. The summed E-state index contributed by atoms with van der Waals surface area (Å²) in [4.78, 5) is 3.73. The highest BCUT2D eigenvalue weighted by molar-refractivity contribution is 7.80. The molecule has 128 valence electrons. The number of aromatic nitrogens is 1. The summed E-state index contributed by atoms with van der Waals surface area (Å²) < 4.78 is 30.0. The van der Waals surface area contributed by atoms with Crippen LogP contribution in [-0.2, 0) is 6.42 Å². The number of nitrogens with one attached hydrogen (secondary N) is 1. The molecule has 8 heteroatoms. The van der Waals surface area contributed by atoms with Crippen molar-refractivity contribution in [2.24, 2.45) is 0 Å². The fourth-order valence-electron chi connectivity index (χ4n) is 3.48. The van der Waals surface area contributed by atoms with E-state index in [9.17, 15) is 8.78 Å². The van der Waals surface area contributed by atoms with Gasteiger partial charge in [0, 0.05) is 48.4 Å². The van der Waals surface area contributed by atoms with Crippen molar-refractivity contribution in [3.8, 4) is 0 Å². The van der Waals surface area contributed by atoms with Gasteiger partial charge in [-0.1, -0.05) is 23.2 Å². The van der Waals surface area contributed by atoms with Gasteiger partial charge in [0.25, 0.3) is 0 Å². The Morgan fingerprint density at radius 3 is 2.84 bits per heavy atom. The lowest BCUT2D eigenvalue weighted by atomic mass is 9.99. The zero-order valence-electron chi connectivity index (χ0n) is 12.8. The van der Waals surface area contributed by atoms with Crippen molar-refractivity contribution in [2.75, 3.05) is 5.32 Å². The second kappa shape index (κ2) is 6.27. The molecule has 2 aliphatic heterocycles. The lowest BCUT2D eigenvalue weighted by molar-refractivity contribution is -0.442. The van der Waals surface area contributed by atoms with E-state index < -0.39 is 11.8 Å². The SMILES string of the molecule is Fc1cc(Cl)c(Cl)cc1NC(=S)[N+]1=C2CCC1Cc1c2ccnc1F. The molecule has 1 N–H and O–H groups in total. The topological polar surface area (TPSA) is 27.9 Å². The molecule has 2 aromatic rings. The van der Waals surface area contributed by atoms with Crippen molar-refractivity contribution in [1.29, 1.82) is 0 Å². The van der Waals surface area contributed by atoms with Gasteiger partial charge in [0.1, 0.15) is 11.8 Å². The predicted octanol–water partition coefficient (Wildman–Crippen LogP) is 4.58. The number of pyridine rings is 1. The normalized spacial score (nSPS) is 18.3. The number of thiocarbonyl (C=S) groups is 1. The number of anilines is 1. The molecule has 0 radical (unpaired) electrons. The van der Waals surface area contributed by atoms with E-state index in [-0.39, 0.29) is 21.8 Å². The van der Waals surface area contributed by atoms with Crippen LogP contribution in [0.1, 0.15) is 24.0 Å². The summed E-state index contributed by atoms with van der Waals surface area (Å²) in [6, 6.07) is 4.37. The summed E-state index contributed by atoms with van der Waals surface area (Å²) in [6.07, 6.45) is 3.61. The second-order valence-electron chi connectivity index (χ2n) is 6.02. The summed E-state index contributed by atoms with van der Waals surface area (Å²) in [5.41, 5.74) is 2.54. The van der Waals surface area contributed by atoms with E-state index in [2.05, 4.69) is 10.3 Å². The summed E-state index contributed by atoms with van der Waals surface area (Å²) in [7, 11) is 0. The van der Waals surface area contributed by atoms with E-state index in [1.807, 2.05) is 4.58 Å². The molecule has 1 aromatic heterocycles. The standard InChI is InChI=1S/C17H11Cl2F2N3S/c18-11-6-13(20)14(7-12(11)19)23-17(25)24-8-1-2-15(24)9-3-4-22-16(21)10(9)5-8/h3-4,6-8H,1-2,5H2/p+1. The third-order valence-corrected chi connectivity index (χ3v) is 5.62. The average Bonchev–Trinajstić information content (AvgIpc) is 2.89. The van der Waals surface area contributed by atoms with E-state index in [1.54, 1.807) is 6.07 Å². The molecule has 0 aliphatic carbocycles. The monoisotopic (exact) mass is 398 g/mol. The number of benzene rings is 1. The van der Waals surface area contributed by atoms with Gasteiger partial charge in [0.05, 0.1) is 10.0 Å². The van der Waals surface area contributed by atoms with Crippen LogP contribution < -0.4 is 5.32 Å². The maximum atomic E-state index is 14.1. The molecule has 25 heavy (non-hydrogen) atoms. The molecule has 0 saturated carbocycles. The molecule has 3 heterocycles. The van der Waals surface area contributed by atoms with Gasteiger partial charge in [0.15, 0.2) is 11.5 Å². The van der Waals surface area contributed by atoms with Gasteiger partial charge < -0.3 is 0 Å². The molecule has 2 bridgehead atoms. The maximum absolute atomic E-state index is 14.1. The molecule has 2 aliphatic rings. The minimum Gasteiger partial charge on any atom is -0.228 e. The van der Waals surface area contributed by atoms with E-state index >= 15 is 0 Å². The Bertz CT molecular complexity index is 946. The molecule has 0 amide bonds. The molecular weight excluding hydrogens is 387 g/mol. The lowest BCUT2D eigenvalue weighted by Gasteiger charge is -2.21. The van der Waals surface area contributed by atoms with Crippen LogP contribution in [0.4, 0.5) is 14.5 Å². The van der Waals surface area contributed by atoms with E-state index in [0.717, 1.165) is 30.2 Å². The van der Waals surface area contributed by atoms with Gasteiger partial charge in [-0.2, -0.15) is 4.39 Å². The third-order valence-electron chi connectivity index (χ3n) is 4.59. The minimum atomic E-state index is -0.540. The van der Waals surface area contributed by atoms with Crippen LogP contribution in [-0.4, -0.2) is 26.4 Å². The Morgan fingerprint density at radius 1 is 1.28 bits per heavy atom. The highest BCUT2D eigenvalue weighted by Gasteiger charge is 2.40. The van der Waals surface area contributed by atoms with Crippen molar-refractivity contribution in [2.45, 2.75) is 25.3 Å². The van der Waals surface area contributed by atoms with Crippen LogP contribution in [0.25, 0.3) is 0 Å². The van der Waals surface area contributed by atoms with Crippen molar-refractivity contribution >= 4 is 51.9 Å². The minimum absolute atomic E-state index is 0.0343. The Labute approximate surface area is 158 Å². The summed E-state index contributed by atoms with van der Waals surface area (Å²) in [6.45, 7) is 0. The Kier molecular flexibility index (Phi) is 4.22. The molecule has 3 nitrogen and oxygen atoms in total. The van der Waals surface area contributed by atoms with Gasteiger partial charge in [-0.3, -0.25) is 0 Å². The smallest absolute Gasteiger partial charge is 0.228 e. The fraction of sp³-hybridized carbons (Fsp3) is 0.235. The summed E-state index contributed by atoms with van der Waals surface area (Å²) in [5.74, 6) is -0.974. The number of fused-ring (bicyclic) bond motifs is 3. The van der Waals surface area contributed by atoms with Crippen LogP contribution >= 0.6 is 35.4 Å². The highest BCUT2D eigenvalue weighted by Crippen LogP contribution is 2.32. The zero-order chi connectivity index (χ0) is 17.7.